The molecule has 2 aliphatic rings. The Hall–Kier alpha value is -0.940. The van der Waals surface area contributed by atoms with Gasteiger partial charge >= 0.3 is 0 Å². The first-order valence-electron chi connectivity index (χ1n) is 6.14. The van der Waals surface area contributed by atoms with Crippen LogP contribution in [0.4, 0.5) is 4.39 Å². The lowest BCUT2D eigenvalue weighted by Crippen LogP contribution is -2.46. The van der Waals surface area contributed by atoms with Gasteiger partial charge in [-0.25, -0.2) is 4.39 Å². The minimum absolute atomic E-state index is 0.127. The third kappa shape index (κ3) is 1.95. The lowest BCUT2D eigenvalue weighted by molar-refractivity contribution is -0.121. The van der Waals surface area contributed by atoms with Crippen LogP contribution in [0.15, 0.2) is 22.7 Å². The quantitative estimate of drug-likeness (QED) is 0.837. The molecule has 1 saturated carbocycles. The van der Waals surface area contributed by atoms with Crippen molar-refractivity contribution in [3.8, 4) is 0 Å². The highest BCUT2D eigenvalue weighted by Gasteiger charge is 2.46. The van der Waals surface area contributed by atoms with Crippen LogP contribution in [0.3, 0.4) is 0 Å². The second-order valence-corrected chi connectivity index (χ2v) is 5.94. The predicted octanol–water partition coefficient (Wildman–Crippen LogP) is 2.62. The monoisotopic (exact) mass is 312 g/mol. The third-order valence-corrected chi connectivity index (χ3v) is 4.27. The van der Waals surface area contributed by atoms with E-state index in [-0.39, 0.29) is 17.4 Å². The molecule has 1 saturated heterocycles. The van der Waals surface area contributed by atoms with E-state index in [9.17, 15) is 9.18 Å². The highest BCUT2D eigenvalue weighted by atomic mass is 79.9. The van der Waals surface area contributed by atoms with E-state index in [4.69, 9.17) is 0 Å². The van der Waals surface area contributed by atoms with Crippen LogP contribution in [0.5, 0.6) is 0 Å². The Balaban J connectivity index is 1.90. The molecule has 1 heterocycles. The average Bonchev–Trinajstić information content (AvgIpc) is 2.87. The predicted molar refractivity (Wildman–Crippen MR) is 69.3 cm³/mol. The topological polar surface area (TPSA) is 41.1 Å². The summed E-state index contributed by atoms with van der Waals surface area (Å²) >= 11 is 3.22. The first-order chi connectivity index (χ1) is 8.60. The Bertz CT molecular complexity index is 500. The van der Waals surface area contributed by atoms with E-state index in [0.29, 0.717) is 10.0 Å². The van der Waals surface area contributed by atoms with Crippen LogP contribution in [0.2, 0.25) is 0 Å². The summed E-state index contributed by atoms with van der Waals surface area (Å²) < 4.78 is 14.6. The van der Waals surface area contributed by atoms with Gasteiger partial charge in [-0.1, -0.05) is 22.0 Å². The van der Waals surface area contributed by atoms with Crippen LogP contribution in [0, 0.1) is 5.82 Å². The number of benzene rings is 1. The Morgan fingerprint density at radius 3 is 2.72 bits per heavy atom. The molecule has 5 heteroatoms. The average molecular weight is 313 g/mol. The zero-order chi connectivity index (χ0) is 12.8. The van der Waals surface area contributed by atoms with Crippen molar-refractivity contribution >= 4 is 21.8 Å². The number of hydrogen-bond donors (Lipinski definition) is 2. The Morgan fingerprint density at radius 1 is 1.33 bits per heavy atom. The van der Waals surface area contributed by atoms with E-state index in [1.54, 1.807) is 12.1 Å². The maximum absolute atomic E-state index is 13.9. The summed E-state index contributed by atoms with van der Waals surface area (Å²) in [5, 5.41) is 6.27. The van der Waals surface area contributed by atoms with Gasteiger partial charge in [0, 0.05) is 10.0 Å². The maximum Gasteiger partial charge on any atom is 0.243 e. The standard InChI is InChI=1S/C13H14BrFN2O/c14-8-3-4-9(10(15)7-8)11-12(18)17-13(16-11)5-1-2-6-13/h3-4,7,11,16H,1-2,5-6H2,(H,17,18)/t11-/m1/s1. The summed E-state index contributed by atoms with van der Waals surface area (Å²) in [6, 6.07) is 4.23. The Labute approximate surface area is 113 Å². The van der Waals surface area contributed by atoms with Crippen molar-refractivity contribution in [3.63, 3.8) is 0 Å². The second-order valence-electron chi connectivity index (χ2n) is 5.02. The van der Waals surface area contributed by atoms with Crippen molar-refractivity contribution in [1.29, 1.82) is 0 Å². The molecule has 3 nitrogen and oxygen atoms in total. The van der Waals surface area contributed by atoms with Crippen molar-refractivity contribution in [2.45, 2.75) is 37.4 Å². The van der Waals surface area contributed by atoms with E-state index in [2.05, 4.69) is 26.6 Å². The number of halogens is 2. The molecule has 1 atom stereocenters. The van der Waals surface area contributed by atoms with Crippen LogP contribution >= 0.6 is 15.9 Å². The van der Waals surface area contributed by atoms with Crippen LogP contribution < -0.4 is 10.6 Å². The highest BCUT2D eigenvalue weighted by molar-refractivity contribution is 9.10. The summed E-state index contributed by atoms with van der Waals surface area (Å²) in [7, 11) is 0. The lowest BCUT2D eigenvalue weighted by Gasteiger charge is -2.23. The SMILES string of the molecule is O=C1NC2(CCCC2)N[C@@H]1c1ccc(Br)cc1F. The van der Waals surface area contributed by atoms with Gasteiger partial charge in [-0.3, -0.25) is 10.1 Å². The molecule has 1 aliphatic carbocycles. The van der Waals surface area contributed by atoms with E-state index in [1.165, 1.54) is 6.07 Å². The van der Waals surface area contributed by atoms with Crippen molar-refractivity contribution in [2.75, 3.05) is 0 Å². The van der Waals surface area contributed by atoms with Gasteiger partial charge < -0.3 is 5.32 Å². The molecule has 0 aromatic heterocycles. The molecule has 96 valence electrons. The van der Waals surface area contributed by atoms with Crippen LogP contribution in [-0.2, 0) is 4.79 Å². The number of carbonyl (C=O) groups is 1. The van der Waals surface area contributed by atoms with Gasteiger partial charge in [0.2, 0.25) is 5.91 Å². The lowest BCUT2D eigenvalue weighted by atomic mass is 10.1. The van der Waals surface area contributed by atoms with E-state index < -0.39 is 6.04 Å². The summed E-state index contributed by atoms with van der Waals surface area (Å²) in [5.41, 5.74) is 0.112. The van der Waals surface area contributed by atoms with E-state index in [0.717, 1.165) is 25.7 Å². The third-order valence-electron chi connectivity index (χ3n) is 3.78. The van der Waals surface area contributed by atoms with Gasteiger partial charge in [0.1, 0.15) is 11.9 Å². The van der Waals surface area contributed by atoms with Crippen molar-refractivity contribution < 1.29 is 9.18 Å². The van der Waals surface area contributed by atoms with E-state index >= 15 is 0 Å². The van der Waals surface area contributed by atoms with E-state index in [1.807, 2.05) is 0 Å². The first-order valence-corrected chi connectivity index (χ1v) is 6.94. The largest absolute Gasteiger partial charge is 0.336 e. The smallest absolute Gasteiger partial charge is 0.243 e. The van der Waals surface area contributed by atoms with Crippen molar-refractivity contribution in [2.24, 2.45) is 0 Å². The fourth-order valence-electron chi connectivity index (χ4n) is 2.89. The summed E-state index contributed by atoms with van der Waals surface area (Å²) in [4.78, 5) is 12.0. The molecule has 1 spiro atoms. The zero-order valence-electron chi connectivity index (χ0n) is 9.80. The molecule has 2 N–H and O–H groups in total. The molecule has 1 aromatic carbocycles. The van der Waals surface area contributed by atoms with Crippen molar-refractivity contribution in [1.82, 2.24) is 10.6 Å². The van der Waals surface area contributed by atoms with Crippen LogP contribution in [0.1, 0.15) is 37.3 Å². The van der Waals surface area contributed by atoms with Gasteiger partial charge in [0.05, 0.1) is 5.66 Å². The summed E-state index contributed by atoms with van der Waals surface area (Å²) in [5.74, 6) is -0.481. The van der Waals surface area contributed by atoms with Gasteiger partial charge in [-0.05, 0) is 37.8 Å². The molecule has 1 aromatic rings. The molecule has 1 aliphatic heterocycles. The minimum Gasteiger partial charge on any atom is -0.336 e. The number of rotatable bonds is 1. The maximum atomic E-state index is 13.9. The number of hydrogen-bond acceptors (Lipinski definition) is 2. The Morgan fingerprint density at radius 2 is 2.06 bits per heavy atom. The molecule has 18 heavy (non-hydrogen) atoms. The minimum atomic E-state index is -0.573. The highest BCUT2D eigenvalue weighted by Crippen LogP contribution is 2.35. The summed E-state index contributed by atoms with van der Waals surface area (Å²) in [6.07, 6.45) is 4.05. The van der Waals surface area contributed by atoms with Gasteiger partial charge in [-0.2, -0.15) is 0 Å². The molecule has 0 bridgehead atoms. The van der Waals surface area contributed by atoms with Gasteiger partial charge in [0.25, 0.3) is 0 Å². The molecular formula is C13H14BrFN2O. The van der Waals surface area contributed by atoms with Gasteiger partial charge in [0.15, 0.2) is 0 Å². The summed E-state index contributed by atoms with van der Waals surface area (Å²) in [6.45, 7) is 0. The molecular weight excluding hydrogens is 299 g/mol. The number of nitrogens with one attached hydrogen (secondary N) is 2. The van der Waals surface area contributed by atoms with Gasteiger partial charge in [-0.15, -0.1) is 0 Å². The zero-order valence-corrected chi connectivity index (χ0v) is 11.4. The van der Waals surface area contributed by atoms with Crippen molar-refractivity contribution in [3.05, 3.63) is 34.1 Å². The second kappa shape index (κ2) is 4.31. The molecule has 0 unspecified atom stereocenters. The van der Waals surface area contributed by atoms with Crippen LogP contribution in [-0.4, -0.2) is 11.6 Å². The number of amides is 1. The normalized spacial score (nSPS) is 25.7. The fourth-order valence-corrected chi connectivity index (χ4v) is 3.22. The Kier molecular flexibility index (Phi) is 2.90. The molecule has 2 fully saturated rings. The molecule has 0 radical (unpaired) electrons. The molecule has 3 rings (SSSR count). The first kappa shape index (κ1) is 12.1. The molecule has 1 amide bonds. The van der Waals surface area contributed by atoms with Crippen LogP contribution in [0.25, 0.3) is 0 Å². The number of carbonyl (C=O) groups excluding carboxylic acids is 1. The fraction of sp³-hybridized carbons (Fsp3) is 0.462.